The van der Waals surface area contributed by atoms with E-state index in [9.17, 15) is 0 Å². The summed E-state index contributed by atoms with van der Waals surface area (Å²) in [6.45, 7) is 0. The topological polar surface area (TPSA) is 9.23 Å². The molecule has 0 N–H and O–H groups in total. The van der Waals surface area contributed by atoms with Gasteiger partial charge < -0.3 is 4.74 Å². The number of hydrogen-bond donors (Lipinski definition) is 0. The second kappa shape index (κ2) is 1.84. The van der Waals surface area contributed by atoms with Crippen LogP contribution in [0.2, 0.25) is 0 Å². The van der Waals surface area contributed by atoms with Gasteiger partial charge in [-0.05, 0) is 18.8 Å². The number of rotatable bonds is 1. The second-order valence-corrected chi connectivity index (χ2v) is 3.05. The van der Waals surface area contributed by atoms with E-state index in [0.29, 0.717) is 6.10 Å². The molecule has 0 aliphatic heterocycles. The largest absolute Gasteiger partial charge is 0.381 e. The molecular formula is C8H12O. The Labute approximate surface area is 55.7 Å². The van der Waals surface area contributed by atoms with Crippen molar-refractivity contribution in [3.8, 4) is 0 Å². The minimum Gasteiger partial charge on any atom is -0.381 e. The van der Waals surface area contributed by atoms with Crippen LogP contribution in [0.1, 0.15) is 12.8 Å². The van der Waals surface area contributed by atoms with Crippen LogP contribution in [0.3, 0.4) is 0 Å². The predicted molar refractivity (Wildman–Crippen MR) is 36.2 cm³/mol. The summed E-state index contributed by atoms with van der Waals surface area (Å²) < 4.78 is 5.29. The maximum absolute atomic E-state index is 5.29. The number of methoxy groups -OCH3 is 1. The highest BCUT2D eigenvalue weighted by atomic mass is 16.5. The van der Waals surface area contributed by atoms with E-state index in [2.05, 4.69) is 12.2 Å². The smallest absolute Gasteiger partial charge is 0.0639 e. The average molecular weight is 124 g/mol. The molecule has 2 rings (SSSR count). The van der Waals surface area contributed by atoms with Crippen LogP contribution in [-0.4, -0.2) is 13.2 Å². The van der Waals surface area contributed by atoms with Crippen LogP contribution in [-0.2, 0) is 4.74 Å². The standard InChI is InChI=1S/C8H12O/c1-9-8-5-6-2-3-7(8)4-6/h2-3,6-8H,4-5H2,1H3/t6-,7-,8-/m0/s1. The Morgan fingerprint density at radius 3 is 2.56 bits per heavy atom. The van der Waals surface area contributed by atoms with Crippen molar-refractivity contribution < 1.29 is 4.74 Å². The van der Waals surface area contributed by atoms with Gasteiger partial charge in [0.25, 0.3) is 0 Å². The van der Waals surface area contributed by atoms with Crippen LogP contribution in [0, 0.1) is 11.8 Å². The molecule has 0 saturated heterocycles. The Hall–Kier alpha value is -0.300. The maximum atomic E-state index is 5.29. The molecular weight excluding hydrogens is 112 g/mol. The van der Waals surface area contributed by atoms with E-state index >= 15 is 0 Å². The van der Waals surface area contributed by atoms with Crippen molar-refractivity contribution in [1.82, 2.24) is 0 Å². The number of ether oxygens (including phenoxy) is 1. The molecule has 0 spiro atoms. The number of allylic oxidation sites excluding steroid dienone is 1. The number of hydrogen-bond acceptors (Lipinski definition) is 1. The zero-order chi connectivity index (χ0) is 6.27. The molecule has 0 aromatic rings. The van der Waals surface area contributed by atoms with Crippen LogP contribution in [0.4, 0.5) is 0 Å². The van der Waals surface area contributed by atoms with Gasteiger partial charge in [0.15, 0.2) is 0 Å². The third-order valence-corrected chi connectivity index (χ3v) is 2.52. The molecule has 1 heteroatoms. The molecule has 1 fully saturated rings. The van der Waals surface area contributed by atoms with Gasteiger partial charge >= 0.3 is 0 Å². The third-order valence-electron chi connectivity index (χ3n) is 2.52. The van der Waals surface area contributed by atoms with Crippen molar-refractivity contribution >= 4 is 0 Å². The first-order chi connectivity index (χ1) is 4.40. The lowest BCUT2D eigenvalue weighted by Gasteiger charge is -2.14. The first kappa shape index (κ1) is 5.48. The Bertz CT molecular complexity index is 140. The highest BCUT2D eigenvalue weighted by molar-refractivity contribution is 5.10. The SMILES string of the molecule is CO[C@H]1C[C@H]2C=C[C@H]1C2. The minimum atomic E-state index is 0.542. The summed E-state index contributed by atoms with van der Waals surface area (Å²) in [6.07, 6.45) is 7.79. The molecule has 0 amide bonds. The molecule has 0 aromatic carbocycles. The van der Waals surface area contributed by atoms with Crippen molar-refractivity contribution in [2.45, 2.75) is 18.9 Å². The third kappa shape index (κ3) is 0.715. The van der Waals surface area contributed by atoms with E-state index in [0.717, 1.165) is 11.8 Å². The lowest BCUT2D eigenvalue weighted by molar-refractivity contribution is 0.0825. The minimum absolute atomic E-state index is 0.542. The Morgan fingerprint density at radius 1 is 1.33 bits per heavy atom. The van der Waals surface area contributed by atoms with Crippen molar-refractivity contribution in [2.24, 2.45) is 11.8 Å². The van der Waals surface area contributed by atoms with Crippen LogP contribution in [0.25, 0.3) is 0 Å². The van der Waals surface area contributed by atoms with Crippen molar-refractivity contribution in [3.05, 3.63) is 12.2 Å². The van der Waals surface area contributed by atoms with Crippen LogP contribution in [0.15, 0.2) is 12.2 Å². The summed E-state index contributed by atoms with van der Waals surface area (Å²) in [4.78, 5) is 0. The van der Waals surface area contributed by atoms with Gasteiger partial charge in [-0.25, -0.2) is 0 Å². The van der Waals surface area contributed by atoms with Gasteiger partial charge in [0.1, 0.15) is 0 Å². The van der Waals surface area contributed by atoms with E-state index in [1.165, 1.54) is 12.8 Å². The first-order valence-electron chi connectivity index (χ1n) is 3.61. The van der Waals surface area contributed by atoms with E-state index in [1.54, 1.807) is 0 Å². The Balaban J connectivity index is 2.10. The summed E-state index contributed by atoms with van der Waals surface area (Å²) in [6, 6.07) is 0. The lowest BCUT2D eigenvalue weighted by atomic mass is 10.1. The molecule has 1 saturated carbocycles. The Kier molecular flexibility index (Phi) is 1.12. The van der Waals surface area contributed by atoms with Gasteiger partial charge in [0.05, 0.1) is 6.10 Å². The molecule has 1 nitrogen and oxygen atoms in total. The molecule has 0 heterocycles. The van der Waals surface area contributed by atoms with E-state index in [4.69, 9.17) is 4.74 Å². The fraction of sp³-hybridized carbons (Fsp3) is 0.750. The maximum Gasteiger partial charge on any atom is 0.0639 e. The molecule has 0 aromatic heterocycles. The summed E-state index contributed by atoms with van der Waals surface area (Å²) in [5, 5.41) is 0. The van der Waals surface area contributed by atoms with Gasteiger partial charge in [0.2, 0.25) is 0 Å². The summed E-state index contributed by atoms with van der Waals surface area (Å²) >= 11 is 0. The zero-order valence-electron chi connectivity index (χ0n) is 5.71. The quantitative estimate of drug-likeness (QED) is 0.482. The molecule has 2 bridgehead atoms. The highest BCUT2D eigenvalue weighted by Crippen LogP contribution is 2.40. The average Bonchev–Trinajstić information content (AvgIpc) is 2.45. The monoisotopic (exact) mass is 124 g/mol. The highest BCUT2D eigenvalue weighted by Gasteiger charge is 2.35. The van der Waals surface area contributed by atoms with Gasteiger partial charge in [-0.2, -0.15) is 0 Å². The molecule has 0 unspecified atom stereocenters. The van der Waals surface area contributed by atoms with Gasteiger partial charge in [-0.15, -0.1) is 0 Å². The lowest BCUT2D eigenvalue weighted by Crippen LogP contribution is -2.15. The Morgan fingerprint density at radius 2 is 2.22 bits per heavy atom. The first-order valence-corrected chi connectivity index (χ1v) is 3.61. The zero-order valence-corrected chi connectivity index (χ0v) is 5.71. The molecule has 3 atom stereocenters. The van der Waals surface area contributed by atoms with Crippen molar-refractivity contribution in [1.29, 1.82) is 0 Å². The van der Waals surface area contributed by atoms with Gasteiger partial charge in [0, 0.05) is 13.0 Å². The number of fused-ring (bicyclic) bond motifs is 2. The van der Waals surface area contributed by atoms with Crippen molar-refractivity contribution in [2.75, 3.05) is 7.11 Å². The predicted octanol–water partition coefficient (Wildman–Crippen LogP) is 1.60. The summed E-state index contributed by atoms with van der Waals surface area (Å²) in [7, 11) is 1.82. The van der Waals surface area contributed by atoms with Crippen LogP contribution < -0.4 is 0 Å². The fourth-order valence-electron chi connectivity index (χ4n) is 2.00. The molecule has 9 heavy (non-hydrogen) atoms. The van der Waals surface area contributed by atoms with Gasteiger partial charge in [-0.1, -0.05) is 12.2 Å². The fourth-order valence-corrected chi connectivity index (χ4v) is 2.00. The van der Waals surface area contributed by atoms with Crippen molar-refractivity contribution in [3.63, 3.8) is 0 Å². The van der Waals surface area contributed by atoms with E-state index in [1.807, 2.05) is 7.11 Å². The van der Waals surface area contributed by atoms with E-state index in [-0.39, 0.29) is 0 Å². The van der Waals surface area contributed by atoms with Gasteiger partial charge in [-0.3, -0.25) is 0 Å². The van der Waals surface area contributed by atoms with E-state index < -0.39 is 0 Å². The summed E-state index contributed by atoms with van der Waals surface area (Å²) in [5.74, 6) is 1.60. The molecule has 2 aliphatic rings. The summed E-state index contributed by atoms with van der Waals surface area (Å²) in [5.41, 5.74) is 0. The second-order valence-electron chi connectivity index (χ2n) is 3.05. The van der Waals surface area contributed by atoms with Crippen LogP contribution in [0.5, 0.6) is 0 Å². The molecule has 0 radical (unpaired) electrons. The van der Waals surface area contributed by atoms with Crippen LogP contribution >= 0.6 is 0 Å². The molecule has 50 valence electrons. The normalized spacial score (nSPS) is 46.6. The molecule has 2 aliphatic carbocycles.